The van der Waals surface area contributed by atoms with Crippen LogP contribution in [0.1, 0.15) is 31.2 Å². The number of anilines is 1. The normalized spacial score (nSPS) is 23.2. The maximum Gasteiger partial charge on any atom is 0.143 e. The van der Waals surface area contributed by atoms with Crippen molar-refractivity contribution in [3.8, 4) is 11.8 Å². The van der Waals surface area contributed by atoms with E-state index in [1.807, 2.05) is 6.07 Å². The van der Waals surface area contributed by atoms with Crippen molar-refractivity contribution in [2.24, 2.45) is 5.73 Å². The molecule has 3 N–H and O–H groups in total. The number of ether oxygens (including phenoxy) is 1. The molecule has 0 saturated heterocycles. The van der Waals surface area contributed by atoms with Crippen molar-refractivity contribution < 1.29 is 4.74 Å². The molecular formula is C14H19N3O. The highest BCUT2D eigenvalue weighted by Crippen LogP contribution is 2.29. The minimum Gasteiger partial charge on any atom is -0.495 e. The highest BCUT2D eigenvalue weighted by Gasteiger charge is 2.19. The largest absolute Gasteiger partial charge is 0.495 e. The number of hydrogen-bond acceptors (Lipinski definition) is 4. The van der Waals surface area contributed by atoms with Gasteiger partial charge in [0.05, 0.1) is 24.4 Å². The maximum atomic E-state index is 8.86. The first-order valence-corrected chi connectivity index (χ1v) is 6.33. The van der Waals surface area contributed by atoms with E-state index in [9.17, 15) is 0 Å². The van der Waals surface area contributed by atoms with Crippen LogP contribution in [-0.4, -0.2) is 19.2 Å². The number of nitrogens with one attached hydrogen (secondary N) is 1. The van der Waals surface area contributed by atoms with Crippen molar-refractivity contribution in [1.29, 1.82) is 5.26 Å². The van der Waals surface area contributed by atoms with Gasteiger partial charge in [0.25, 0.3) is 0 Å². The van der Waals surface area contributed by atoms with Gasteiger partial charge in [0.15, 0.2) is 0 Å². The zero-order valence-electron chi connectivity index (χ0n) is 10.6. The molecule has 1 aromatic carbocycles. The lowest BCUT2D eigenvalue weighted by atomic mass is 9.91. The molecule has 18 heavy (non-hydrogen) atoms. The minimum absolute atomic E-state index is 0.353. The Morgan fingerprint density at radius 3 is 2.67 bits per heavy atom. The first kappa shape index (κ1) is 12.7. The second-order valence-electron chi connectivity index (χ2n) is 4.78. The van der Waals surface area contributed by atoms with Gasteiger partial charge in [-0.15, -0.1) is 0 Å². The van der Waals surface area contributed by atoms with Crippen molar-refractivity contribution in [3.05, 3.63) is 23.8 Å². The van der Waals surface area contributed by atoms with Crippen LogP contribution in [0.25, 0.3) is 0 Å². The molecule has 0 aromatic heterocycles. The average Bonchev–Trinajstić information content (AvgIpc) is 2.41. The van der Waals surface area contributed by atoms with Crippen LogP contribution in [0.15, 0.2) is 18.2 Å². The number of rotatable bonds is 3. The number of nitrogens with zero attached hydrogens (tertiary/aromatic N) is 1. The van der Waals surface area contributed by atoms with Crippen LogP contribution in [0.5, 0.6) is 5.75 Å². The molecule has 0 atom stereocenters. The fourth-order valence-electron chi connectivity index (χ4n) is 2.36. The van der Waals surface area contributed by atoms with E-state index in [1.54, 1.807) is 19.2 Å². The summed E-state index contributed by atoms with van der Waals surface area (Å²) in [6, 6.07) is 8.39. The van der Waals surface area contributed by atoms with Gasteiger partial charge in [-0.1, -0.05) is 0 Å². The minimum atomic E-state index is 0.353. The summed E-state index contributed by atoms with van der Waals surface area (Å²) in [6.45, 7) is 0. The number of nitrogens with two attached hydrogens (primary N) is 1. The van der Waals surface area contributed by atoms with Crippen molar-refractivity contribution in [3.63, 3.8) is 0 Å². The molecule has 0 radical (unpaired) electrons. The smallest absolute Gasteiger partial charge is 0.143 e. The molecule has 0 spiro atoms. The molecule has 1 fully saturated rings. The Bertz CT molecular complexity index is 445. The van der Waals surface area contributed by atoms with Gasteiger partial charge in [-0.05, 0) is 37.8 Å². The predicted molar refractivity (Wildman–Crippen MR) is 71.6 cm³/mol. The van der Waals surface area contributed by atoms with E-state index >= 15 is 0 Å². The molecular weight excluding hydrogens is 226 g/mol. The average molecular weight is 245 g/mol. The lowest BCUT2D eigenvalue weighted by Gasteiger charge is -2.28. The van der Waals surface area contributed by atoms with Crippen molar-refractivity contribution in [2.75, 3.05) is 12.4 Å². The highest BCUT2D eigenvalue weighted by atomic mass is 16.5. The first-order valence-electron chi connectivity index (χ1n) is 6.33. The topological polar surface area (TPSA) is 71.1 Å². The number of nitriles is 1. The summed E-state index contributed by atoms with van der Waals surface area (Å²) >= 11 is 0. The van der Waals surface area contributed by atoms with Gasteiger partial charge in [0.1, 0.15) is 5.75 Å². The summed E-state index contributed by atoms with van der Waals surface area (Å²) in [5.74, 6) is 0.726. The lowest BCUT2D eigenvalue weighted by Crippen LogP contribution is -2.32. The van der Waals surface area contributed by atoms with E-state index in [4.69, 9.17) is 15.7 Å². The third-order valence-corrected chi connectivity index (χ3v) is 3.46. The van der Waals surface area contributed by atoms with Gasteiger partial charge in [-0.25, -0.2) is 0 Å². The van der Waals surface area contributed by atoms with E-state index in [2.05, 4.69) is 11.4 Å². The van der Waals surface area contributed by atoms with Crippen molar-refractivity contribution in [1.82, 2.24) is 0 Å². The number of methoxy groups -OCH3 is 1. The van der Waals surface area contributed by atoms with E-state index in [0.29, 0.717) is 17.6 Å². The zero-order chi connectivity index (χ0) is 13.0. The van der Waals surface area contributed by atoms with Crippen LogP contribution in [0.2, 0.25) is 0 Å². The summed E-state index contributed by atoms with van der Waals surface area (Å²) in [5.41, 5.74) is 7.47. The van der Waals surface area contributed by atoms with Gasteiger partial charge >= 0.3 is 0 Å². The second kappa shape index (κ2) is 5.74. The van der Waals surface area contributed by atoms with E-state index in [0.717, 1.165) is 37.1 Å². The molecule has 0 unspecified atom stereocenters. The molecule has 96 valence electrons. The fourth-order valence-corrected chi connectivity index (χ4v) is 2.36. The molecule has 1 aromatic rings. The molecule has 4 nitrogen and oxygen atoms in total. The summed E-state index contributed by atoms with van der Waals surface area (Å²) in [7, 11) is 1.62. The molecule has 0 heterocycles. The maximum absolute atomic E-state index is 8.86. The van der Waals surface area contributed by atoms with Crippen LogP contribution < -0.4 is 15.8 Å². The molecule has 1 aliphatic carbocycles. The van der Waals surface area contributed by atoms with Crippen LogP contribution in [0, 0.1) is 11.3 Å². The number of hydrogen-bond donors (Lipinski definition) is 2. The van der Waals surface area contributed by atoms with Gasteiger partial charge < -0.3 is 15.8 Å². The van der Waals surface area contributed by atoms with Crippen LogP contribution in [0.3, 0.4) is 0 Å². The lowest BCUT2D eigenvalue weighted by molar-refractivity contribution is 0.401. The summed E-state index contributed by atoms with van der Waals surface area (Å²) in [5, 5.41) is 12.3. The van der Waals surface area contributed by atoms with Crippen LogP contribution in [-0.2, 0) is 0 Å². The van der Waals surface area contributed by atoms with E-state index in [-0.39, 0.29) is 0 Å². The van der Waals surface area contributed by atoms with Crippen molar-refractivity contribution in [2.45, 2.75) is 37.8 Å². The Morgan fingerprint density at radius 1 is 1.33 bits per heavy atom. The molecule has 0 aliphatic heterocycles. The van der Waals surface area contributed by atoms with Gasteiger partial charge in [-0.3, -0.25) is 0 Å². The third-order valence-electron chi connectivity index (χ3n) is 3.46. The van der Waals surface area contributed by atoms with Gasteiger partial charge in [-0.2, -0.15) is 5.26 Å². The van der Waals surface area contributed by atoms with E-state index < -0.39 is 0 Å². The Kier molecular flexibility index (Phi) is 4.06. The molecule has 0 bridgehead atoms. The Hall–Kier alpha value is -1.73. The zero-order valence-corrected chi connectivity index (χ0v) is 10.6. The van der Waals surface area contributed by atoms with Gasteiger partial charge in [0.2, 0.25) is 0 Å². The van der Waals surface area contributed by atoms with Gasteiger partial charge in [0, 0.05) is 18.2 Å². The molecule has 0 amide bonds. The fraction of sp³-hybridized carbons (Fsp3) is 0.500. The third kappa shape index (κ3) is 2.93. The second-order valence-corrected chi connectivity index (χ2v) is 4.78. The van der Waals surface area contributed by atoms with Crippen LogP contribution >= 0.6 is 0 Å². The predicted octanol–water partition coefficient (Wildman–Crippen LogP) is 2.25. The summed E-state index contributed by atoms with van der Waals surface area (Å²) in [4.78, 5) is 0. The quantitative estimate of drug-likeness (QED) is 0.856. The Labute approximate surface area is 108 Å². The summed E-state index contributed by atoms with van der Waals surface area (Å²) < 4.78 is 5.31. The first-order chi connectivity index (χ1) is 8.72. The Balaban J connectivity index is 2.07. The molecule has 1 aliphatic rings. The Morgan fingerprint density at radius 2 is 2.06 bits per heavy atom. The van der Waals surface area contributed by atoms with Crippen LogP contribution in [0.4, 0.5) is 5.69 Å². The SMILES string of the molecule is COc1cc(C#N)ccc1NC1CCC(N)CC1. The monoisotopic (exact) mass is 245 g/mol. The highest BCUT2D eigenvalue weighted by molar-refractivity contribution is 5.59. The summed E-state index contributed by atoms with van der Waals surface area (Å²) in [6.07, 6.45) is 4.31. The van der Waals surface area contributed by atoms with Crippen molar-refractivity contribution >= 4 is 5.69 Å². The molecule has 2 rings (SSSR count). The number of benzene rings is 1. The molecule has 1 saturated carbocycles. The molecule has 4 heteroatoms. The van der Waals surface area contributed by atoms with E-state index in [1.165, 1.54) is 0 Å². The standard InChI is InChI=1S/C14H19N3O/c1-18-14-8-10(9-15)2-7-13(14)17-12-5-3-11(16)4-6-12/h2,7-8,11-12,17H,3-6,16H2,1H3.